The molecule has 0 saturated carbocycles. The maximum atomic E-state index is 6.67. The molecular formula is C55H45N4OPtSi-3. The van der Waals surface area contributed by atoms with Crippen LogP contribution in [0.5, 0.6) is 11.5 Å². The van der Waals surface area contributed by atoms with Crippen molar-refractivity contribution in [2.24, 2.45) is 0 Å². The minimum absolute atomic E-state index is 0. The minimum atomic E-state index is -1.96. The molecule has 7 aromatic carbocycles. The standard InChI is InChI=1S/C55H45N4OSi.Pt/c1-36-16-7-8-19-41(36)44-28-29-51-53(45-21-10-14-25-50(45)61(51,5)6)54(44)58-35-57(47-23-12-13-24-48(47)58)38-17-15-18-39(33-38)60-40-26-27-43-42-20-9-11-22-46(42)59(49(43)34-40)52-32-37(30-31-56-52)55(2,3)4;/h7-32,35H,1-6H3;/q-3;. The molecule has 0 atom stereocenters. The average Bonchev–Trinajstić information content (AvgIpc) is 3.89. The van der Waals surface area contributed by atoms with Crippen molar-refractivity contribution in [1.82, 2.24) is 9.55 Å². The molecule has 0 fully saturated rings. The fourth-order valence-electron chi connectivity index (χ4n) is 9.53. The predicted molar refractivity (Wildman–Crippen MR) is 255 cm³/mol. The number of para-hydroxylation sites is 3. The number of nitrogens with zero attached hydrogens (tertiary/aromatic N) is 4. The third-order valence-electron chi connectivity index (χ3n) is 12.7. The van der Waals surface area contributed by atoms with Crippen molar-refractivity contribution in [2.45, 2.75) is 46.2 Å². The summed E-state index contributed by atoms with van der Waals surface area (Å²) in [5.41, 5.74) is 13.9. The summed E-state index contributed by atoms with van der Waals surface area (Å²) in [7, 11) is -1.96. The van der Waals surface area contributed by atoms with E-state index >= 15 is 0 Å². The van der Waals surface area contributed by atoms with E-state index in [2.05, 4.69) is 207 Å². The third-order valence-corrected chi connectivity index (χ3v) is 16.2. The van der Waals surface area contributed by atoms with E-state index in [0.29, 0.717) is 11.5 Å². The molecule has 0 bridgehead atoms. The Kier molecular flexibility index (Phi) is 9.66. The van der Waals surface area contributed by atoms with E-state index in [-0.39, 0.29) is 26.5 Å². The first kappa shape index (κ1) is 39.9. The van der Waals surface area contributed by atoms with Gasteiger partial charge in [0.2, 0.25) is 0 Å². The molecule has 0 aliphatic carbocycles. The normalized spacial score (nSPS) is 13.8. The summed E-state index contributed by atoms with van der Waals surface area (Å²) < 4.78 is 8.87. The summed E-state index contributed by atoms with van der Waals surface area (Å²) in [6.07, 6.45) is 1.90. The van der Waals surface area contributed by atoms with Crippen molar-refractivity contribution in [3.05, 3.63) is 188 Å². The van der Waals surface area contributed by atoms with Crippen LogP contribution >= 0.6 is 0 Å². The van der Waals surface area contributed by atoms with Crippen molar-refractivity contribution in [1.29, 1.82) is 0 Å². The van der Waals surface area contributed by atoms with Crippen LogP contribution in [0.15, 0.2) is 158 Å². The van der Waals surface area contributed by atoms with Crippen LogP contribution in [0.25, 0.3) is 49.9 Å². The molecule has 9 aromatic rings. The molecule has 11 rings (SSSR count). The summed E-state index contributed by atoms with van der Waals surface area (Å²) in [5.74, 6) is 2.07. The third kappa shape index (κ3) is 6.34. The number of hydrogen-bond acceptors (Lipinski definition) is 4. The largest absolute Gasteiger partial charge is 0.509 e. The van der Waals surface area contributed by atoms with E-state index in [1.165, 1.54) is 49.4 Å². The van der Waals surface area contributed by atoms with Crippen molar-refractivity contribution in [3.8, 4) is 39.6 Å². The van der Waals surface area contributed by atoms with E-state index in [9.17, 15) is 0 Å². The zero-order valence-electron chi connectivity index (χ0n) is 35.6. The molecule has 0 N–H and O–H groups in total. The Bertz CT molecular complexity index is 3220. The molecule has 2 aliphatic rings. The summed E-state index contributed by atoms with van der Waals surface area (Å²) >= 11 is 0. The minimum Gasteiger partial charge on any atom is -0.509 e. The predicted octanol–water partition coefficient (Wildman–Crippen LogP) is 13.1. The van der Waals surface area contributed by atoms with Gasteiger partial charge in [0.25, 0.3) is 0 Å². The van der Waals surface area contributed by atoms with Crippen LogP contribution in [0.4, 0.5) is 22.7 Å². The van der Waals surface area contributed by atoms with E-state index in [1.54, 1.807) is 0 Å². The number of ether oxygens (including phenoxy) is 1. The Morgan fingerprint density at radius 3 is 2.15 bits per heavy atom. The number of aromatic nitrogens is 2. The second-order valence-corrected chi connectivity index (χ2v) is 22.1. The van der Waals surface area contributed by atoms with Gasteiger partial charge < -0.3 is 19.1 Å². The fourth-order valence-corrected chi connectivity index (χ4v) is 12.6. The van der Waals surface area contributed by atoms with E-state index in [0.717, 1.165) is 44.7 Å². The van der Waals surface area contributed by atoms with Crippen LogP contribution in [-0.2, 0) is 26.5 Å². The first-order valence-electron chi connectivity index (χ1n) is 21.0. The molecule has 308 valence electrons. The molecule has 0 radical (unpaired) electrons. The molecule has 0 saturated heterocycles. The molecule has 0 unspecified atom stereocenters. The zero-order valence-corrected chi connectivity index (χ0v) is 38.9. The topological polar surface area (TPSA) is 33.5 Å². The molecule has 2 aliphatic heterocycles. The molecular weight excluding hydrogens is 956 g/mol. The van der Waals surface area contributed by atoms with Crippen molar-refractivity contribution >= 4 is 63.0 Å². The number of hydrogen-bond donors (Lipinski definition) is 0. The second-order valence-electron chi connectivity index (χ2n) is 17.8. The van der Waals surface area contributed by atoms with Gasteiger partial charge >= 0.3 is 0 Å². The number of aryl methyl sites for hydroxylation is 1. The quantitative estimate of drug-likeness (QED) is 0.123. The molecule has 2 aromatic heterocycles. The number of anilines is 4. The van der Waals surface area contributed by atoms with E-state index < -0.39 is 8.07 Å². The van der Waals surface area contributed by atoms with Crippen LogP contribution in [0.2, 0.25) is 13.1 Å². The smallest absolute Gasteiger partial charge is 0.135 e. The Balaban J connectivity index is 0.00000458. The fraction of sp³-hybridized carbons (Fsp3) is 0.127. The summed E-state index contributed by atoms with van der Waals surface area (Å²) in [6, 6.07) is 61.5. The van der Waals surface area contributed by atoms with Gasteiger partial charge in [0.1, 0.15) is 13.9 Å². The molecule has 0 amide bonds. The van der Waals surface area contributed by atoms with Gasteiger partial charge in [0.05, 0.1) is 0 Å². The van der Waals surface area contributed by atoms with Gasteiger partial charge in [0, 0.05) is 72.5 Å². The van der Waals surface area contributed by atoms with Crippen molar-refractivity contribution < 1.29 is 25.8 Å². The van der Waals surface area contributed by atoms with Crippen LogP contribution in [0.3, 0.4) is 0 Å². The zero-order chi connectivity index (χ0) is 41.6. The van der Waals surface area contributed by atoms with E-state index in [1.807, 2.05) is 24.4 Å². The van der Waals surface area contributed by atoms with Gasteiger partial charge in [-0.25, -0.2) is 4.98 Å². The van der Waals surface area contributed by atoms with E-state index in [4.69, 9.17) is 9.72 Å². The maximum absolute atomic E-state index is 6.67. The summed E-state index contributed by atoms with van der Waals surface area (Å²) in [6.45, 7) is 16.1. The maximum Gasteiger partial charge on any atom is 0.135 e. The Hall–Kier alpha value is -6.20. The molecule has 5 nitrogen and oxygen atoms in total. The molecule has 62 heavy (non-hydrogen) atoms. The Labute approximate surface area is 379 Å². The summed E-state index contributed by atoms with van der Waals surface area (Å²) in [4.78, 5) is 9.51. The molecule has 0 spiro atoms. The molecule has 4 heterocycles. The number of rotatable bonds is 6. The van der Waals surface area contributed by atoms with Crippen LogP contribution in [-0.4, -0.2) is 17.6 Å². The van der Waals surface area contributed by atoms with Gasteiger partial charge in [-0.15, -0.1) is 48.1 Å². The molecule has 7 heteroatoms. The number of fused-ring (bicyclic) bond motifs is 7. The summed E-state index contributed by atoms with van der Waals surface area (Å²) in [5, 5.41) is 5.20. The first-order chi connectivity index (χ1) is 29.6. The monoisotopic (exact) mass is 1000 g/mol. The van der Waals surface area contributed by atoms with Gasteiger partial charge in [-0.1, -0.05) is 130 Å². The van der Waals surface area contributed by atoms with Crippen LogP contribution < -0.4 is 24.9 Å². The average molecular weight is 1000 g/mol. The van der Waals surface area contributed by atoms with Crippen molar-refractivity contribution in [3.63, 3.8) is 0 Å². The number of pyridine rings is 1. The Morgan fingerprint density at radius 2 is 1.34 bits per heavy atom. The SMILES string of the molecule is Cc1ccccc1-c1ccc2c(c1N1[CH-]N(c3[c-]c(Oc4[c-]c5c(cc4)c4ccccc4n5-c4cc(C(C)(C)C)ccn4)ccc3)c3ccccc31)-c1ccccc1[Si]2(C)C.[Pt]. The van der Waals surface area contributed by atoms with Gasteiger partial charge in [-0.2, -0.15) is 12.1 Å². The van der Waals surface area contributed by atoms with Gasteiger partial charge in [-0.3, -0.25) is 0 Å². The second kappa shape index (κ2) is 15.0. The van der Waals surface area contributed by atoms with Crippen molar-refractivity contribution in [2.75, 3.05) is 9.80 Å². The number of benzene rings is 7. The van der Waals surface area contributed by atoms with Crippen LogP contribution in [0, 0.1) is 25.7 Å². The first-order valence-corrected chi connectivity index (χ1v) is 24.0. The van der Waals surface area contributed by atoms with Gasteiger partial charge in [0.15, 0.2) is 0 Å². The van der Waals surface area contributed by atoms with Gasteiger partial charge in [-0.05, 0) is 80.7 Å². The van der Waals surface area contributed by atoms with Crippen LogP contribution in [0.1, 0.15) is 31.9 Å². The Morgan fingerprint density at radius 1 is 0.629 bits per heavy atom.